The van der Waals surface area contributed by atoms with Crippen LogP contribution in [0.5, 0.6) is 5.75 Å². The van der Waals surface area contributed by atoms with Gasteiger partial charge in [0.1, 0.15) is 5.75 Å². The van der Waals surface area contributed by atoms with Gasteiger partial charge in [-0.05, 0) is 43.3 Å². The quantitative estimate of drug-likeness (QED) is 0.320. The fraction of sp³-hybridized carbons (Fsp3) is 0.120. The van der Waals surface area contributed by atoms with E-state index in [1.54, 1.807) is 86.8 Å². The second-order valence-electron chi connectivity index (χ2n) is 7.32. The molecule has 0 bridgehead atoms. The largest absolute Gasteiger partial charge is 0.497 e. The number of carbonyl (C=O) groups excluding carboxylic acids is 2. The van der Waals surface area contributed by atoms with Gasteiger partial charge in [-0.3, -0.25) is 19.5 Å². The number of hydrogen-bond acceptors (Lipinski definition) is 6. The van der Waals surface area contributed by atoms with E-state index in [4.69, 9.17) is 4.74 Å². The Morgan fingerprint density at radius 1 is 1.00 bits per heavy atom. The predicted molar refractivity (Wildman–Crippen MR) is 133 cm³/mol. The predicted octanol–water partition coefficient (Wildman–Crippen LogP) is 4.22. The number of anilines is 1. The van der Waals surface area contributed by atoms with Crippen LogP contribution in [0.25, 0.3) is 16.6 Å². The Hall–Kier alpha value is -4.11. The summed E-state index contributed by atoms with van der Waals surface area (Å²) in [4.78, 5) is 43.0. The molecule has 0 radical (unpaired) electrons. The number of ether oxygens (including phenoxy) is 1. The van der Waals surface area contributed by atoms with Crippen molar-refractivity contribution in [3.63, 3.8) is 0 Å². The number of imide groups is 1. The Kier molecular flexibility index (Phi) is 6.93. The molecule has 3 amide bonds. The molecule has 0 fully saturated rings. The summed E-state index contributed by atoms with van der Waals surface area (Å²) in [5, 5.41) is 5.00. The number of rotatable bonds is 6. The van der Waals surface area contributed by atoms with Crippen LogP contribution < -0.4 is 20.9 Å². The molecule has 0 saturated heterocycles. The lowest BCUT2D eigenvalue weighted by Crippen LogP contribution is -2.39. The maximum absolute atomic E-state index is 13.4. The Morgan fingerprint density at radius 3 is 2.50 bits per heavy atom. The molecule has 34 heavy (non-hydrogen) atoms. The summed E-state index contributed by atoms with van der Waals surface area (Å²) in [7, 11) is 1.54. The van der Waals surface area contributed by atoms with Crippen LogP contribution >= 0.6 is 11.8 Å². The van der Waals surface area contributed by atoms with Gasteiger partial charge in [0.05, 0.1) is 29.0 Å². The molecule has 2 N–H and O–H groups in total. The smallest absolute Gasteiger partial charge is 0.325 e. The second kappa shape index (κ2) is 10.2. The number of methoxy groups -OCH3 is 1. The third-order valence-electron chi connectivity index (χ3n) is 4.98. The van der Waals surface area contributed by atoms with Crippen molar-refractivity contribution in [1.29, 1.82) is 0 Å². The fourth-order valence-electron chi connectivity index (χ4n) is 3.28. The molecule has 0 spiro atoms. The molecule has 1 unspecified atom stereocenters. The zero-order valence-electron chi connectivity index (χ0n) is 18.5. The molecule has 1 aromatic heterocycles. The summed E-state index contributed by atoms with van der Waals surface area (Å²) < 4.78 is 6.75. The SMILES string of the molecule is COc1cccc(-n2c(SC(C)C(=O)NC(=O)Nc3ccccc3)nc3ccccc3c2=O)c1. The minimum absolute atomic E-state index is 0.268. The summed E-state index contributed by atoms with van der Waals surface area (Å²) in [6.07, 6.45) is 0. The Morgan fingerprint density at radius 2 is 1.74 bits per heavy atom. The number of fused-ring (bicyclic) bond motifs is 1. The van der Waals surface area contributed by atoms with E-state index in [1.165, 1.54) is 4.57 Å². The van der Waals surface area contributed by atoms with Crippen molar-refractivity contribution in [2.24, 2.45) is 0 Å². The molecule has 0 aliphatic carbocycles. The molecular formula is C25H22N4O4S. The number of nitrogens with one attached hydrogen (secondary N) is 2. The lowest BCUT2D eigenvalue weighted by molar-refractivity contribution is -0.119. The van der Waals surface area contributed by atoms with Gasteiger partial charge in [0.25, 0.3) is 5.56 Å². The highest BCUT2D eigenvalue weighted by atomic mass is 32.2. The van der Waals surface area contributed by atoms with Gasteiger partial charge >= 0.3 is 6.03 Å². The lowest BCUT2D eigenvalue weighted by atomic mass is 10.2. The Labute approximate surface area is 200 Å². The van der Waals surface area contributed by atoms with E-state index >= 15 is 0 Å². The first-order valence-corrected chi connectivity index (χ1v) is 11.3. The van der Waals surface area contributed by atoms with E-state index in [-0.39, 0.29) is 5.56 Å². The highest BCUT2D eigenvalue weighted by Crippen LogP contribution is 2.26. The normalized spacial score (nSPS) is 11.6. The van der Waals surface area contributed by atoms with E-state index in [2.05, 4.69) is 15.6 Å². The molecule has 3 aromatic carbocycles. The van der Waals surface area contributed by atoms with E-state index in [9.17, 15) is 14.4 Å². The lowest BCUT2D eigenvalue weighted by Gasteiger charge is -2.17. The van der Waals surface area contributed by atoms with Crippen LogP contribution in [0.1, 0.15) is 6.92 Å². The summed E-state index contributed by atoms with van der Waals surface area (Å²) in [6.45, 7) is 1.65. The molecule has 0 saturated carbocycles. The van der Waals surface area contributed by atoms with Crippen molar-refractivity contribution in [2.45, 2.75) is 17.3 Å². The first-order chi connectivity index (χ1) is 16.5. The van der Waals surface area contributed by atoms with Crippen LogP contribution in [0.3, 0.4) is 0 Å². The van der Waals surface area contributed by atoms with Gasteiger partial charge in [0.2, 0.25) is 5.91 Å². The van der Waals surface area contributed by atoms with Crippen molar-refractivity contribution in [1.82, 2.24) is 14.9 Å². The van der Waals surface area contributed by atoms with Gasteiger partial charge < -0.3 is 10.1 Å². The van der Waals surface area contributed by atoms with Crippen molar-refractivity contribution < 1.29 is 14.3 Å². The standard InChI is InChI=1S/C25H22N4O4S/c1-16(22(30)28-24(32)26-17-9-4-3-5-10-17)34-25-27-21-14-7-6-13-20(21)23(31)29(25)18-11-8-12-19(15-18)33-2/h3-16H,1-2H3,(H2,26,28,30,32). The van der Waals surface area contributed by atoms with Gasteiger partial charge in [-0.15, -0.1) is 0 Å². The molecule has 172 valence electrons. The average Bonchev–Trinajstić information content (AvgIpc) is 2.84. The Bertz CT molecular complexity index is 1410. The topological polar surface area (TPSA) is 102 Å². The number of nitrogens with zero attached hydrogens (tertiary/aromatic N) is 2. The third-order valence-corrected chi connectivity index (χ3v) is 6.03. The van der Waals surface area contributed by atoms with Crippen molar-refractivity contribution in [3.05, 3.63) is 89.2 Å². The fourth-order valence-corrected chi connectivity index (χ4v) is 4.20. The molecule has 1 atom stereocenters. The molecule has 1 heterocycles. The summed E-state index contributed by atoms with van der Waals surface area (Å²) in [5.41, 5.74) is 1.37. The number of para-hydroxylation sites is 2. The van der Waals surface area contributed by atoms with Gasteiger partial charge in [-0.25, -0.2) is 9.78 Å². The third kappa shape index (κ3) is 5.10. The van der Waals surface area contributed by atoms with Crippen LogP contribution in [-0.2, 0) is 4.79 Å². The first-order valence-electron chi connectivity index (χ1n) is 10.5. The zero-order valence-corrected chi connectivity index (χ0v) is 19.3. The molecule has 4 aromatic rings. The van der Waals surface area contributed by atoms with Crippen LogP contribution in [0.15, 0.2) is 88.8 Å². The maximum atomic E-state index is 13.4. The van der Waals surface area contributed by atoms with Crippen LogP contribution in [0.2, 0.25) is 0 Å². The highest BCUT2D eigenvalue weighted by Gasteiger charge is 2.22. The van der Waals surface area contributed by atoms with Crippen LogP contribution in [-0.4, -0.2) is 33.8 Å². The molecule has 9 heteroatoms. The van der Waals surface area contributed by atoms with Crippen molar-refractivity contribution in [2.75, 3.05) is 12.4 Å². The number of benzene rings is 3. The summed E-state index contributed by atoms with van der Waals surface area (Å²) in [6, 6.07) is 22.2. The van der Waals surface area contributed by atoms with E-state index in [0.717, 1.165) is 11.8 Å². The van der Waals surface area contributed by atoms with Crippen LogP contribution in [0, 0.1) is 0 Å². The summed E-state index contributed by atoms with van der Waals surface area (Å²) >= 11 is 1.08. The number of hydrogen-bond donors (Lipinski definition) is 2. The number of carbonyl (C=O) groups is 2. The monoisotopic (exact) mass is 474 g/mol. The molecule has 8 nitrogen and oxygen atoms in total. The van der Waals surface area contributed by atoms with E-state index in [0.29, 0.717) is 33.2 Å². The van der Waals surface area contributed by atoms with Crippen LogP contribution in [0.4, 0.5) is 10.5 Å². The van der Waals surface area contributed by atoms with Crippen molar-refractivity contribution >= 4 is 40.3 Å². The first kappa shape index (κ1) is 23.1. The molecule has 4 rings (SSSR count). The molecular weight excluding hydrogens is 452 g/mol. The number of thioether (sulfide) groups is 1. The Balaban J connectivity index is 1.63. The minimum Gasteiger partial charge on any atom is -0.497 e. The maximum Gasteiger partial charge on any atom is 0.325 e. The van der Waals surface area contributed by atoms with Gasteiger partial charge in [0, 0.05) is 11.8 Å². The minimum atomic E-state index is -0.716. The van der Waals surface area contributed by atoms with E-state index in [1.807, 2.05) is 6.07 Å². The number of urea groups is 1. The highest BCUT2D eigenvalue weighted by molar-refractivity contribution is 8.00. The molecule has 0 aliphatic rings. The second-order valence-corrected chi connectivity index (χ2v) is 8.63. The van der Waals surface area contributed by atoms with Gasteiger partial charge in [-0.1, -0.05) is 48.2 Å². The summed E-state index contributed by atoms with van der Waals surface area (Å²) in [5.74, 6) is 0.0647. The van der Waals surface area contributed by atoms with E-state index < -0.39 is 17.2 Å². The molecule has 0 aliphatic heterocycles. The van der Waals surface area contributed by atoms with Gasteiger partial charge in [-0.2, -0.15) is 0 Å². The zero-order chi connectivity index (χ0) is 24.1. The average molecular weight is 475 g/mol. The van der Waals surface area contributed by atoms with Crippen molar-refractivity contribution in [3.8, 4) is 11.4 Å². The number of aromatic nitrogens is 2. The van der Waals surface area contributed by atoms with Gasteiger partial charge in [0.15, 0.2) is 5.16 Å². The number of amides is 3.